The van der Waals surface area contributed by atoms with E-state index >= 15 is 0 Å². The Morgan fingerprint density at radius 2 is 1.76 bits per heavy atom. The van der Waals surface area contributed by atoms with Crippen LogP contribution in [0.15, 0.2) is 61.4 Å². The van der Waals surface area contributed by atoms with Gasteiger partial charge in [-0.25, -0.2) is 15.0 Å². The maximum atomic E-state index is 14.2. The first-order valence-corrected chi connectivity index (χ1v) is 12.4. The number of pyridine rings is 1. The number of hydrogen-bond donors (Lipinski definition) is 2. The number of aromatic nitrogens is 4. The first-order chi connectivity index (χ1) is 19.8. The lowest BCUT2D eigenvalue weighted by atomic mass is 10.0. The molecule has 9 nitrogen and oxygen atoms in total. The summed E-state index contributed by atoms with van der Waals surface area (Å²) < 4.78 is 83.1. The number of likely N-dealkylation sites (tertiary alicyclic amines) is 1. The second-order valence-electron chi connectivity index (χ2n) is 9.46. The van der Waals surface area contributed by atoms with Gasteiger partial charge in [0.25, 0.3) is 5.91 Å². The van der Waals surface area contributed by atoms with Gasteiger partial charge >= 0.3 is 12.4 Å². The van der Waals surface area contributed by atoms with Crippen molar-refractivity contribution in [1.29, 1.82) is 0 Å². The van der Waals surface area contributed by atoms with Gasteiger partial charge in [0.05, 0.1) is 27.9 Å². The normalized spacial score (nSPS) is 15.7. The molecule has 0 spiro atoms. The largest absolute Gasteiger partial charge is 0.417 e. The minimum absolute atomic E-state index is 0.0242. The number of nitrogens with zero attached hydrogens (tertiary/aromatic N) is 5. The molecule has 0 bridgehead atoms. The van der Waals surface area contributed by atoms with Crippen LogP contribution in [0.3, 0.4) is 0 Å². The van der Waals surface area contributed by atoms with Crippen LogP contribution in [0.5, 0.6) is 0 Å². The van der Waals surface area contributed by atoms with Crippen LogP contribution in [-0.2, 0) is 17.1 Å². The van der Waals surface area contributed by atoms with Crippen LogP contribution >= 0.6 is 0 Å². The SMILES string of the molecule is C=CC(=O)N1CCC(c2nc(-c3ccc(C(=O)Nc4cc(C(F)(F)F)ccn4)c(C(F)(F)F)c3)n3c(N)nccc23)C1. The second kappa shape index (κ2) is 10.5. The third-order valence-electron chi connectivity index (χ3n) is 6.83. The predicted octanol–water partition coefficient (Wildman–Crippen LogP) is 5.17. The van der Waals surface area contributed by atoms with E-state index in [0.717, 1.165) is 12.3 Å². The molecule has 218 valence electrons. The fourth-order valence-electron chi connectivity index (χ4n) is 4.87. The molecule has 1 aliphatic heterocycles. The van der Waals surface area contributed by atoms with Crippen molar-refractivity contribution in [3.05, 3.63) is 83.8 Å². The highest BCUT2D eigenvalue weighted by Gasteiger charge is 2.37. The van der Waals surface area contributed by atoms with Gasteiger partial charge in [-0.2, -0.15) is 26.3 Å². The number of benzene rings is 1. The topological polar surface area (TPSA) is 119 Å². The molecule has 0 aliphatic carbocycles. The molecule has 3 N–H and O–H groups in total. The van der Waals surface area contributed by atoms with Crippen LogP contribution in [0.4, 0.5) is 38.1 Å². The average Bonchev–Trinajstić information content (AvgIpc) is 3.58. The number of alkyl halides is 6. The summed E-state index contributed by atoms with van der Waals surface area (Å²) >= 11 is 0. The van der Waals surface area contributed by atoms with Gasteiger partial charge in [-0.1, -0.05) is 12.6 Å². The summed E-state index contributed by atoms with van der Waals surface area (Å²) in [6.07, 6.45) is -5.83. The summed E-state index contributed by atoms with van der Waals surface area (Å²) in [6.45, 7) is 4.24. The second-order valence-corrected chi connectivity index (χ2v) is 9.46. The Morgan fingerprint density at radius 3 is 2.45 bits per heavy atom. The molecule has 2 amide bonds. The molecule has 4 heterocycles. The van der Waals surface area contributed by atoms with Crippen molar-refractivity contribution in [2.45, 2.75) is 24.7 Å². The Bertz CT molecular complexity index is 1710. The van der Waals surface area contributed by atoms with Gasteiger partial charge in [0.2, 0.25) is 11.9 Å². The number of anilines is 2. The molecule has 1 fully saturated rings. The summed E-state index contributed by atoms with van der Waals surface area (Å²) in [4.78, 5) is 38.7. The van der Waals surface area contributed by atoms with E-state index in [4.69, 9.17) is 5.73 Å². The van der Waals surface area contributed by atoms with Crippen molar-refractivity contribution in [3.8, 4) is 11.4 Å². The number of imidazole rings is 1. The van der Waals surface area contributed by atoms with Gasteiger partial charge < -0.3 is 16.0 Å². The van der Waals surface area contributed by atoms with Crippen LogP contribution < -0.4 is 11.1 Å². The number of nitrogens with two attached hydrogens (primary N) is 1. The number of rotatable bonds is 5. The van der Waals surface area contributed by atoms with Crippen molar-refractivity contribution < 1.29 is 35.9 Å². The lowest BCUT2D eigenvalue weighted by Crippen LogP contribution is -2.26. The van der Waals surface area contributed by atoms with Gasteiger partial charge in [-0.05, 0) is 42.8 Å². The number of carbonyl (C=O) groups excluding carboxylic acids is 2. The van der Waals surface area contributed by atoms with E-state index in [-0.39, 0.29) is 29.2 Å². The maximum Gasteiger partial charge on any atom is 0.417 e. The van der Waals surface area contributed by atoms with Gasteiger partial charge in [0.15, 0.2) is 0 Å². The minimum Gasteiger partial charge on any atom is -0.369 e. The highest BCUT2D eigenvalue weighted by molar-refractivity contribution is 6.05. The minimum atomic E-state index is -5.03. The Kier molecular flexibility index (Phi) is 7.12. The molecule has 42 heavy (non-hydrogen) atoms. The molecule has 0 radical (unpaired) electrons. The summed E-state index contributed by atoms with van der Waals surface area (Å²) in [6, 6.07) is 5.61. The van der Waals surface area contributed by atoms with E-state index < -0.39 is 40.8 Å². The fraction of sp³-hybridized carbons (Fsp3) is 0.222. The van der Waals surface area contributed by atoms with E-state index in [1.165, 1.54) is 22.7 Å². The quantitative estimate of drug-likeness (QED) is 0.245. The lowest BCUT2D eigenvalue weighted by Gasteiger charge is -2.15. The first kappa shape index (κ1) is 28.6. The number of halogens is 6. The van der Waals surface area contributed by atoms with Crippen molar-refractivity contribution in [2.24, 2.45) is 0 Å². The molecule has 3 aromatic heterocycles. The Labute approximate surface area is 233 Å². The average molecular weight is 589 g/mol. The molecule has 1 aromatic carbocycles. The zero-order valence-electron chi connectivity index (χ0n) is 21.5. The molecule has 0 saturated carbocycles. The van der Waals surface area contributed by atoms with Crippen LogP contribution in [0.1, 0.15) is 39.5 Å². The van der Waals surface area contributed by atoms with E-state index in [0.29, 0.717) is 48.9 Å². The molecule has 5 rings (SSSR count). The lowest BCUT2D eigenvalue weighted by molar-refractivity contribution is -0.138. The molecule has 15 heteroatoms. The Balaban J connectivity index is 1.55. The number of nitrogens with one attached hydrogen (secondary N) is 1. The van der Waals surface area contributed by atoms with Crippen molar-refractivity contribution >= 4 is 29.1 Å². The van der Waals surface area contributed by atoms with Gasteiger partial charge in [-0.15, -0.1) is 0 Å². The zero-order chi connectivity index (χ0) is 30.4. The van der Waals surface area contributed by atoms with E-state index in [2.05, 4.69) is 21.5 Å². The summed E-state index contributed by atoms with van der Waals surface area (Å²) in [5.74, 6) is -2.41. The third-order valence-corrected chi connectivity index (χ3v) is 6.83. The summed E-state index contributed by atoms with van der Waals surface area (Å²) in [5.41, 5.74) is 3.71. The summed E-state index contributed by atoms with van der Waals surface area (Å²) in [5, 5.41) is 2.00. The first-order valence-electron chi connectivity index (χ1n) is 12.4. The summed E-state index contributed by atoms with van der Waals surface area (Å²) in [7, 11) is 0. The van der Waals surface area contributed by atoms with Crippen LogP contribution in [0, 0.1) is 0 Å². The van der Waals surface area contributed by atoms with E-state index in [1.54, 1.807) is 11.0 Å². The highest BCUT2D eigenvalue weighted by atomic mass is 19.4. The maximum absolute atomic E-state index is 14.2. The van der Waals surface area contributed by atoms with Crippen LogP contribution in [0.2, 0.25) is 0 Å². The molecule has 1 aliphatic rings. The monoisotopic (exact) mass is 589 g/mol. The molecule has 1 unspecified atom stereocenters. The van der Waals surface area contributed by atoms with E-state index in [9.17, 15) is 35.9 Å². The Hall–Kier alpha value is -4.95. The number of carbonyl (C=O) groups is 2. The standard InChI is InChI=1S/C27H21F6N7O2/c1-2-21(41)39-10-7-15(13-39)22-19-6-9-36-25(34)40(19)23(38-22)14-3-4-17(18(11-14)27(31,32)33)24(42)37-20-12-16(5-8-35-20)26(28,29)30/h2-6,8-9,11-12,15H,1,7,10,13H2,(H2,34,36)(H,35,37,42). The molecular weight excluding hydrogens is 568 g/mol. The molecule has 4 aromatic rings. The Morgan fingerprint density at radius 1 is 1.02 bits per heavy atom. The van der Waals surface area contributed by atoms with Crippen LogP contribution in [0.25, 0.3) is 16.9 Å². The van der Waals surface area contributed by atoms with Crippen molar-refractivity contribution in [2.75, 3.05) is 24.1 Å². The number of hydrogen-bond acceptors (Lipinski definition) is 6. The predicted molar refractivity (Wildman–Crippen MR) is 139 cm³/mol. The number of fused-ring (bicyclic) bond motifs is 1. The third kappa shape index (κ3) is 5.36. The zero-order valence-corrected chi connectivity index (χ0v) is 21.5. The molecule has 1 atom stereocenters. The van der Waals surface area contributed by atoms with Gasteiger partial charge in [0, 0.05) is 37.0 Å². The van der Waals surface area contributed by atoms with Gasteiger partial charge in [0.1, 0.15) is 11.6 Å². The van der Waals surface area contributed by atoms with Crippen LogP contribution in [-0.4, -0.2) is 49.2 Å². The molecule has 1 saturated heterocycles. The fourth-order valence-corrected chi connectivity index (χ4v) is 4.87. The smallest absolute Gasteiger partial charge is 0.369 e. The van der Waals surface area contributed by atoms with Crippen molar-refractivity contribution in [3.63, 3.8) is 0 Å². The number of nitrogen functional groups attached to an aromatic ring is 1. The number of amides is 2. The van der Waals surface area contributed by atoms with E-state index in [1.807, 2.05) is 5.32 Å². The van der Waals surface area contributed by atoms with Gasteiger partial charge in [-0.3, -0.25) is 14.0 Å². The highest BCUT2D eigenvalue weighted by Crippen LogP contribution is 2.38. The van der Waals surface area contributed by atoms with Crippen molar-refractivity contribution in [1.82, 2.24) is 24.3 Å². The molecular formula is C27H21F6N7O2.